The summed E-state index contributed by atoms with van der Waals surface area (Å²) in [6, 6.07) is 23.9. The third-order valence-corrected chi connectivity index (χ3v) is 5.33. The van der Waals surface area contributed by atoms with E-state index in [2.05, 4.69) is 89.3 Å². The first-order valence-electron chi connectivity index (χ1n) is 8.22. The molecule has 23 heavy (non-hydrogen) atoms. The van der Waals surface area contributed by atoms with Gasteiger partial charge in [-0.15, -0.1) is 0 Å². The summed E-state index contributed by atoms with van der Waals surface area (Å²) in [5.41, 5.74) is 9.04. The lowest BCUT2D eigenvalue weighted by atomic mass is 9.99. The lowest BCUT2D eigenvalue weighted by Gasteiger charge is -2.13. The summed E-state index contributed by atoms with van der Waals surface area (Å²) in [5, 5.41) is 2.65. The zero-order chi connectivity index (χ0) is 16.1. The zero-order valence-electron chi connectivity index (χ0n) is 13.2. The molecule has 0 bridgehead atoms. The van der Waals surface area contributed by atoms with Crippen molar-refractivity contribution in [2.45, 2.75) is 31.7 Å². The summed E-state index contributed by atoms with van der Waals surface area (Å²) >= 11 is 2.37. The number of halogens is 1. The molecule has 0 spiro atoms. The maximum Gasteiger partial charge on any atom is 0.0305 e. The van der Waals surface area contributed by atoms with E-state index in [4.69, 9.17) is 5.73 Å². The number of rotatable bonds is 6. The summed E-state index contributed by atoms with van der Waals surface area (Å²) in [5.74, 6) is 0. The number of unbranched alkanes of at least 4 members (excludes halogenated alkanes) is 1. The molecule has 0 saturated heterocycles. The second kappa shape index (κ2) is 7.93. The molecule has 3 aromatic rings. The van der Waals surface area contributed by atoms with Crippen molar-refractivity contribution in [3.8, 4) is 0 Å². The van der Waals surface area contributed by atoms with Crippen molar-refractivity contribution >= 4 is 33.4 Å². The van der Waals surface area contributed by atoms with Crippen LogP contribution >= 0.6 is 22.6 Å². The molecule has 0 amide bonds. The second-order valence-electron chi connectivity index (χ2n) is 6.06. The lowest BCUT2D eigenvalue weighted by molar-refractivity contribution is 0.585. The first-order chi connectivity index (χ1) is 11.2. The Labute approximate surface area is 152 Å². The molecule has 1 nitrogen and oxygen atoms in total. The van der Waals surface area contributed by atoms with Gasteiger partial charge in [0.25, 0.3) is 0 Å². The van der Waals surface area contributed by atoms with E-state index < -0.39 is 0 Å². The van der Waals surface area contributed by atoms with E-state index in [9.17, 15) is 0 Å². The van der Waals surface area contributed by atoms with Crippen molar-refractivity contribution in [3.63, 3.8) is 0 Å². The Morgan fingerprint density at radius 1 is 0.826 bits per heavy atom. The molecular weight excluding hydrogens is 393 g/mol. The molecule has 2 N–H and O–H groups in total. The zero-order valence-corrected chi connectivity index (χ0v) is 15.4. The fourth-order valence-corrected chi connectivity index (χ4v) is 3.81. The van der Waals surface area contributed by atoms with Crippen molar-refractivity contribution in [2.75, 3.05) is 0 Å². The Morgan fingerprint density at radius 2 is 1.57 bits per heavy atom. The Hall–Kier alpha value is -1.39. The fourth-order valence-electron chi connectivity index (χ4n) is 3.02. The minimum absolute atomic E-state index is 0.153. The molecule has 3 aromatic carbocycles. The number of hydrogen-bond donors (Lipinski definition) is 1. The van der Waals surface area contributed by atoms with Gasteiger partial charge in [-0.3, -0.25) is 0 Å². The number of aryl methyl sites for hydroxylation is 1. The maximum atomic E-state index is 6.34. The summed E-state index contributed by atoms with van der Waals surface area (Å²) in [7, 11) is 0. The van der Waals surface area contributed by atoms with Crippen molar-refractivity contribution < 1.29 is 0 Å². The summed E-state index contributed by atoms with van der Waals surface area (Å²) in [4.78, 5) is 0. The molecule has 0 heterocycles. The standard InChI is InChI=1S/C21H22IN/c22-20-11-5-4-10-19(20)21(23)12-6-1-7-16-13-14-17-8-2-3-9-18(17)15-16/h2-5,8-11,13-15,21H,1,6-7,12,23H2. The highest BCUT2D eigenvalue weighted by Gasteiger charge is 2.08. The van der Waals surface area contributed by atoms with Crippen LogP contribution in [0.25, 0.3) is 10.8 Å². The van der Waals surface area contributed by atoms with Gasteiger partial charge in [0.2, 0.25) is 0 Å². The van der Waals surface area contributed by atoms with Crippen LogP contribution in [0.15, 0.2) is 66.7 Å². The molecule has 0 aliphatic carbocycles. The van der Waals surface area contributed by atoms with Crippen LogP contribution in [-0.4, -0.2) is 0 Å². The van der Waals surface area contributed by atoms with Gasteiger partial charge in [0.15, 0.2) is 0 Å². The quantitative estimate of drug-likeness (QED) is 0.396. The van der Waals surface area contributed by atoms with E-state index in [0.29, 0.717) is 0 Å². The Bertz CT molecular complexity index is 781. The van der Waals surface area contributed by atoms with Gasteiger partial charge in [-0.1, -0.05) is 67.1 Å². The average Bonchev–Trinajstić information content (AvgIpc) is 2.59. The minimum Gasteiger partial charge on any atom is -0.324 e. The Kier molecular flexibility index (Phi) is 5.68. The molecule has 0 radical (unpaired) electrons. The molecule has 0 aliphatic heterocycles. The molecule has 3 rings (SSSR count). The predicted molar refractivity (Wildman–Crippen MR) is 108 cm³/mol. The van der Waals surface area contributed by atoms with E-state index in [0.717, 1.165) is 12.8 Å². The van der Waals surface area contributed by atoms with Crippen LogP contribution in [0.5, 0.6) is 0 Å². The topological polar surface area (TPSA) is 26.0 Å². The first kappa shape index (κ1) is 16.5. The highest BCUT2D eigenvalue weighted by Crippen LogP contribution is 2.23. The molecule has 1 unspecified atom stereocenters. The van der Waals surface area contributed by atoms with Crippen LogP contribution in [0.4, 0.5) is 0 Å². The van der Waals surface area contributed by atoms with Crippen LogP contribution in [0, 0.1) is 3.57 Å². The van der Waals surface area contributed by atoms with Crippen LogP contribution < -0.4 is 5.73 Å². The van der Waals surface area contributed by atoms with Gasteiger partial charge in [-0.2, -0.15) is 0 Å². The Morgan fingerprint density at radius 3 is 2.39 bits per heavy atom. The molecule has 0 fully saturated rings. The number of benzene rings is 3. The molecule has 0 saturated carbocycles. The van der Waals surface area contributed by atoms with E-state index >= 15 is 0 Å². The van der Waals surface area contributed by atoms with Gasteiger partial charge < -0.3 is 5.73 Å². The first-order valence-corrected chi connectivity index (χ1v) is 9.29. The lowest BCUT2D eigenvalue weighted by Crippen LogP contribution is -2.11. The van der Waals surface area contributed by atoms with Gasteiger partial charge in [0.05, 0.1) is 0 Å². The van der Waals surface area contributed by atoms with Gasteiger partial charge in [-0.25, -0.2) is 0 Å². The van der Waals surface area contributed by atoms with Crippen LogP contribution in [0.1, 0.15) is 36.4 Å². The molecule has 118 valence electrons. The highest BCUT2D eigenvalue weighted by molar-refractivity contribution is 14.1. The minimum atomic E-state index is 0.153. The molecule has 0 aromatic heterocycles. The van der Waals surface area contributed by atoms with Gasteiger partial charge in [-0.05, 0) is 69.8 Å². The molecular formula is C21H22IN. The van der Waals surface area contributed by atoms with Crippen molar-refractivity contribution in [1.29, 1.82) is 0 Å². The number of nitrogens with two attached hydrogens (primary N) is 1. The van der Waals surface area contributed by atoms with Crippen molar-refractivity contribution in [2.24, 2.45) is 5.73 Å². The van der Waals surface area contributed by atoms with Gasteiger partial charge in [0.1, 0.15) is 0 Å². The second-order valence-corrected chi connectivity index (χ2v) is 7.22. The van der Waals surface area contributed by atoms with Crippen molar-refractivity contribution in [3.05, 3.63) is 81.4 Å². The highest BCUT2D eigenvalue weighted by atomic mass is 127. The number of hydrogen-bond acceptors (Lipinski definition) is 1. The SMILES string of the molecule is NC(CCCCc1ccc2ccccc2c1)c1ccccc1I. The molecule has 1 atom stereocenters. The van der Waals surface area contributed by atoms with Crippen LogP contribution in [0.2, 0.25) is 0 Å². The molecule has 0 aliphatic rings. The monoisotopic (exact) mass is 415 g/mol. The van der Waals surface area contributed by atoms with Crippen LogP contribution in [0.3, 0.4) is 0 Å². The van der Waals surface area contributed by atoms with Crippen LogP contribution in [-0.2, 0) is 6.42 Å². The van der Waals surface area contributed by atoms with E-state index in [1.807, 2.05) is 0 Å². The average molecular weight is 415 g/mol. The third-order valence-electron chi connectivity index (χ3n) is 4.35. The van der Waals surface area contributed by atoms with Crippen molar-refractivity contribution in [1.82, 2.24) is 0 Å². The third kappa shape index (κ3) is 4.33. The van der Waals surface area contributed by atoms with E-state index in [1.165, 1.54) is 38.3 Å². The maximum absolute atomic E-state index is 6.34. The van der Waals surface area contributed by atoms with Gasteiger partial charge in [0, 0.05) is 9.61 Å². The predicted octanol–water partition coefficient (Wildman–Crippen LogP) is 5.86. The smallest absolute Gasteiger partial charge is 0.0305 e. The Balaban J connectivity index is 1.52. The fraction of sp³-hybridized carbons (Fsp3) is 0.238. The summed E-state index contributed by atoms with van der Waals surface area (Å²) in [6.45, 7) is 0. The summed E-state index contributed by atoms with van der Waals surface area (Å²) < 4.78 is 1.27. The van der Waals surface area contributed by atoms with Gasteiger partial charge >= 0.3 is 0 Å². The van der Waals surface area contributed by atoms with E-state index in [1.54, 1.807) is 0 Å². The van der Waals surface area contributed by atoms with E-state index in [-0.39, 0.29) is 6.04 Å². The summed E-state index contributed by atoms with van der Waals surface area (Å²) in [6.07, 6.45) is 4.53. The molecule has 2 heteroatoms. The normalized spacial score (nSPS) is 12.4. The largest absolute Gasteiger partial charge is 0.324 e. The number of fused-ring (bicyclic) bond motifs is 1.